The molecule has 1 aromatic rings. The van der Waals surface area contributed by atoms with Crippen LogP contribution in [0.1, 0.15) is 44.2 Å². The van der Waals surface area contributed by atoms with Gasteiger partial charge in [0, 0.05) is 23.7 Å². The van der Waals surface area contributed by atoms with E-state index in [1.807, 2.05) is 12.1 Å². The van der Waals surface area contributed by atoms with Crippen molar-refractivity contribution in [3.05, 3.63) is 34.9 Å². The number of benzene rings is 1. The average Bonchev–Trinajstić information content (AvgIpc) is 2.41. The van der Waals surface area contributed by atoms with Crippen LogP contribution in [0.15, 0.2) is 24.3 Å². The van der Waals surface area contributed by atoms with Crippen LogP contribution in [0.4, 0.5) is 0 Å². The topological polar surface area (TPSA) is 29.3 Å². The van der Waals surface area contributed by atoms with Gasteiger partial charge >= 0.3 is 0 Å². The maximum atomic E-state index is 6.24. The molecule has 2 N–H and O–H groups in total. The van der Waals surface area contributed by atoms with Crippen molar-refractivity contribution >= 4 is 11.6 Å². The van der Waals surface area contributed by atoms with Crippen molar-refractivity contribution in [3.63, 3.8) is 0 Å². The van der Waals surface area contributed by atoms with Gasteiger partial charge in [-0.2, -0.15) is 0 Å². The van der Waals surface area contributed by atoms with Crippen LogP contribution < -0.4 is 5.73 Å². The van der Waals surface area contributed by atoms with Gasteiger partial charge in [-0.25, -0.2) is 0 Å². The Bertz CT molecular complexity index is 390. The van der Waals surface area contributed by atoms with Gasteiger partial charge in [0.05, 0.1) is 0 Å². The van der Waals surface area contributed by atoms with E-state index in [1.165, 1.54) is 31.2 Å². The van der Waals surface area contributed by atoms with Gasteiger partial charge in [-0.15, -0.1) is 0 Å². The predicted octanol–water partition coefficient (Wildman–Crippen LogP) is 3.85. The van der Waals surface area contributed by atoms with Crippen LogP contribution in [0.3, 0.4) is 0 Å². The van der Waals surface area contributed by atoms with Gasteiger partial charge in [0.15, 0.2) is 0 Å². The first-order chi connectivity index (χ1) is 9.08. The highest BCUT2D eigenvalue weighted by atomic mass is 35.5. The normalized spacial score (nSPS) is 25.5. The Kier molecular flexibility index (Phi) is 5.26. The second-order valence-corrected chi connectivity index (χ2v) is 6.31. The van der Waals surface area contributed by atoms with Gasteiger partial charge in [0.25, 0.3) is 0 Å². The standard InChI is InChI=1S/C16H25ClN2/c1-12(13-7-9-15(17)10-8-13)19(2)11-14-5-3-4-6-16(14)18/h7-10,12,14,16H,3-6,11,18H2,1-2H3. The van der Waals surface area contributed by atoms with Crippen molar-refractivity contribution in [1.29, 1.82) is 0 Å². The maximum absolute atomic E-state index is 6.24. The van der Waals surface area contributed by atoms with Crippen LogP contribution >= 0.6 is 11.6 Å². The Labute approximate surface area is 121 Å². The number of hydrogen-bond donors (Lipinski definition) is 1. The molecule has 1 fully saturated rings. The lowest BCUT2D eigenvalue weighted by Crippen LogP contribution is -2.40. The van der Waals surface area contributed by atoms with E-state index in [0.29, 0.717) is 18.0 Å². The van der Waals surface area contributed by atoms with Crippen LogP contribution in [0.2, 0.25) is 5.02 Å². The maximum Gasteiger partial charge on any atom is 0.0406 e. The summed E-state index contributed by atoms with van der Waals surface area (Å²) < 4.78 is 0. The summed E-state index contributed by atoms with van der Waals surface area (Å²) in [5.74, 6) is 0.647. The minimum atomic E-state index is 0.383. The van der Waals surface area contributed by atoms with E-state index in [9.17, 15) is 0 Å². The molecule has 3 atom stereocenters. The zero-order chi connectivity index (χ0) is 13.8. The van der Waals surface area contributed by atoms with E-state index in [-0.39, 0.29) is 0 Å². The zero-order valence-electron chi connectivity index (χ0n) is 12.0. The van der Waals surface area contributed by atoms with E-state index in [4.69, 9.17) is 17.3 Å². The summed E-state index contributed by atoms with van der Waals surface area (Å²) in [6.45, 7) is 3.34. The molecular weight excluding hydrogens is 256 g/mol. The van der Waals surface area contributed by atoms with Crippen molar-refractivity contribution < 1.29 is 0 Å². The lowest BCUT2D eigenvalue weighted by atomic mass is 9.84. The summed E-state index contributed by atoms with van der Waals surface area (Å²) in [4.78, 5) is 2.42. The predicted molar refractivity (Wildman–Crippen MR) is 82.4 cm³/mol. The molecular formula is C16H25ClN2. The Balaban J connectivity index is 1.94. The SMILES string of the molecule is CC(c1ccc(Cl)cc1)N(C)CC1CCCCC1N. The van der Waals surface area contributed by atoms with E-state index < -0.39 is 0 Å². The Morgan fingerprint density at radius 1 is 1.26 bits per heavy atom. The lowest BCUT2D eigenvalue weighted by Gasteiger charge is -2.34. The summed E-state index contributed by atoms with van der Waals surface area (Å²) in [6.07, 6.45) is 5.10. The summed E-state index contributed by atoms with van der Waals surface area (Å²) in [7, 11) is 2.20. The van der Waals surface area contributed by atoms with E-state index in [2.05, 4.69) is 31.0 Å². The molecule has 0 amide bonds. The zero-order valence-corrected chi connectivity index (χ0v) is 12.7. The number of nitrogens with zero attached hydrogens (tertiary/aromatic N) is 1. The molecule has 2 rings (SSSR count). The quantitative estimate of drug-likeness (QED) is 0.908. The van der Waals surface area contributed by atoms with Gasteiger partial charge < -0.3 is 5.73 Å². The molecule has 0 radical (unpaired) electrons. The van der Waals surface area contributed by atoms with Crippen molar-refractivity contribution in [2.24, 2.45) is 11.7 Å². The molecule has 0 aromatic heterocycles. The van der Waals surface area contributed by atoms with Gasteiger partial charge in [-0.1, -0.05) is 36.6 Å². The Morgan fingerprint density at radius 3 is 2.53 bits per heavy atom. The minimum Gasteiger partial charge on any atom is -0.327 e. The third-order valence-electron chi connectivity index (χ3n) is 4.50. The van der Waals surface area contributed by atoms with Gasteiger partial charge in [0.1, 0.15) is 0 Å². The molecule has 0 spiro atoms. The van der Waals surface area contributed by atoms with E-state index >= 15 is 0 Å². The Hall–Kier alpha value is -0.570. The minimum absolute atomic E-state index is 0.383. The highest BCUT2D eigenvalue weighted by Crippen LogP contribution is 2.27. The highest BCUT2D eigenvalue weighted by molar-refractivity contribution is 6.30. The first-order valence-electron chi connectivity index (χ1n) is 7.29. The fraction of sp³-hybridized carbons (Fsp3) is 0.625. The van der Waals surface area contributed by atoms with E-state index in [0.717, 1.165) is 11.6 Å². The fourth-order valence-corrected chi connectivity index (χ4v) is 3.11. The summed E-state index contributed by atoms with van der Waals surface area (Å²) in [5.41, 5.74) is 7.56. The third-order valence-corrected chi connectivity index (χ3v) is 4.76. The van der Waals surface area contributed by atoms with Gasteiger partial charge in [0.2, 0.25) is 0 Å². The second kappa shape index (κ2) is 6.74. The summed E-state index contributed by atoms with van der Waals surface area (Å²) in [6, 6.07) is 8.95. The van der Waals surface area contributed by atoms with Crippen molar-refractivity contribution in [3.8, 4) is 0 Å². The smallest absolute Gasteiger partial charge is 0.0406 e. The molecule has 1 saturated carbocycles. The lowest BCUT2D eigenvalue weighted by molar-refractivity contribution is 0.176. The number of rotatable bonds is 4. The Morgan fingerprint density at radius 2 is 1.89 bits per heavy atom. The second-order valence-electron chi connectivity index (χ2n) is 5.88. The molecule has 0 heterocycles. The molecule has 0 aliphatic heterocycles. The average molecular weight is 281 g/mol. The third kappa shape index (κ3) is 3.95. The largest absolute Gasteiger partial charge is 0.327 e. The van der Waals surface area contributed by atoms with Crippen LogP contribution in [-0.2, 0) is 0 Å². The van der Waals surface area contributed by atoms with Crippen molar-refractivity contribution in [2.45, 2.75) is 44.7 Å². The molecule has 106 valence electrons. The molecule has 0 bridgehead atoms. The fourth-order valence-electron chi connectivity index (χ4n) is 2.99. The highest BCUT2D eigenvalue weighted by Gasteiger charge is 2.24. The van der Waals surface area contributed by atoms with Crippen LogP contribution in [-0.4, -0.2) is 24.5 Å². The van der Waals surface area contributed by atoms with Crippen LogP contribution in [0, 0.1) is 5.92 Å². The molecule has 1 aliphatic carbocycles. The molecule has 1 aromatic carbocycles. The number of hydrogen-bond acceptors (Lipinski definition) is 2. The summed E-state index contributed by atoms with van der Waals surface area (Å²) >= 11 is 5.94. The van der Waals surface area contributed by atoms with Crippen LogP contribution in [0.5, 0.6) is 0 Å². The van der Waals surface area contributed by atoms with Crippen molar-refractivity contribution in [1.82, 2.24) is 4.90 Å². The molecule has 3 unspecified atom stereocenters. The molecule has 1 aliphatic rings. The van der Waals surface area contributed by atoms with Gasteiger partial charge in [-0.05, 0) is 50.4 Å². The number of nitrogens with two attached hydrogens (primary N) is 1. The van der Waals surface area contributed by atoms with Crippen LogP contribution in [0.25, 0.3) is 0 Å². The first kappa shape index (κ1) is 14.8. The summed E-state index contributed by atoms with van der Waals surface area (Å²) in [5, 5.41) is 0.799. The first-order valence-corrected chi connectivity index (χ1v) is 7.67. The molecule has 2 nitrogen and oxygen atoms in total. The van der Waals surface area contributed by atoms with E-state index in [1.54, 1.807) is 0 Å². The monoisotopic (exact) mass is 280 g/mol. The molecule has 3 heteroatoms. The molecule has 0 saturated heterocycles. The van der Waals surface area contributed by atoms with Crippen molar-refractivity contribution in [2.75, 3.05) is 13.6 Å². The molecule has 19 heavy (non-hydrogen) atoms. The number of halogens is 1. The van der Waals surface area contributed by atoms with Gasteiger partial charge in [-0.3, -0.25) is 4.90 Å².